The van der Waals surface area contributed by atoms with E-state index in [0.717, 1.165) is 5.01 Å². The Balaban J connectivity index is 2.15. The SMILES string of the molecule is CC(NC(=O)c1cc(Cl)ccc1O)c1nccs1. The first-order valence-electron chi connectivity index (χ1n) is 5.26. The lowest BCUT2D eigenvalue weighted by atomic mass is 10.2. The molecule has 1 aromatic heterocycles. The average molecular weight is 283 g/mol. The minimum Gasteiger partial charge on any atom is -0.507 e. The molecule has 1 atom stereocenters. The van der Waals surface area contributed by atoms with E-state index in [2.05, 4.69) is 10.3 Å². The van der Waals surface area contributed by atoms with Gasteiger partial charge in [-0.3, -0.25) is 4.79 Å². The molecule has 0 saturated heterocycles. The number of aromatic nitrogens is 1. The zero-order chi connectivity index (χ0) is 13.1. The largest absolute Gasteiger partial charge is 0.507 e. The van der Waals surface area contributed by atoms with Gasteiger partial charge < -0.3 is 10.4 Å². The third kappa shape index (κ3) is 2.80. The summed E-state index contributed by atoms with van der Waals surface area (Å²) in [4.78, 5) is 16.1. The standard InChI is InChI=1S/C12H11ClN2O2S/c1-7(12-14-4-5-18-12)15-11(17)9-6-8(13)2-3-10(9)16/h2-7,16H,1H3,(H,15,17). The molecule has 2 N–H and O–H groups in total. The molecule has 1 heterocycles. The maximum atomic E-state index is 12.0. The van der Waals surface area contributed by atoms with Gasteiger partial charge in [-0.15, -0.1) is 11.3 Å². The van der Waals surface area contributed by atoms with Gasteiger partial charge in [0, 0.05) is 16.6 Å². The van der Waals surface area contributed by atoms with E-state index < -0.39 is 0 Å². The summed E-state index contributed by atoms with van der Waals surface area (Å²) in [6.45, 7) is 1.83. The fourth-order valence-electron chi connectivity index (χ4n) is 1.47. The first kappa shape index (κ1) is 12.9. The average Bonchev–Trinajstić information content (AvgIpc) is 2.85. The summed E-state index contributed by atoms with van der Waals surface area (Å²) < 4.78 is 0. The number of hydrogen-bond acceptors (Lipinski definition) is 4. The number of aromatic hydroxyl groups is 1. The molecule has 0 aliphatic carbocycles. The molecule has 1 amide bonds. The second-order valence-corrected chi connectivity index (χ2v) is 5.09. The Morgan fingerprint density at radius 3 is 3.00 bits per heavy atom. The van der Waals surface area contributed by atoms with Gasteiger partial charge >= 0.3 is 0 Å². The third-order valence-corrected chi connectivity index (χ3v) is 3.57. The Kier molecular flexibility index (Phi) is 3.84. The van der Waals surface area contributed by atoms with Crippen LogP contribution in [0.5, 0.6) is 5.75 Å². The number of phenols is 1. The number of carbonyl (C=O) groups is 1. The Hall–Kier alpha value is -1.59. The Morgan fingerprint density at radius 1 is 1.56 bits per heavy atom. The van der Waals surface area contributed by atoms with Crippen molar-refractivity contribution in [2.75, 3.05) is 0 Å². The number of phenolic OH excluding ortho intramolecular Hbond substituents is 1. The first-order valence-corrected chi connectivity index (χ1v) is 6.52. The van der Waals surface area contributed by atoms with Gasteiger partial charge in [-0.1, -0.05) is 11.6 Å². The molecule has 0 aliphatic heterocycles. The van der Waals surface area contributed by atoms with Crippen LogP contribution >= 0.6 is 22.9 Å². The molecular formula is C12H11ClN2O2S. The van der Waals surface area contributed by atoms with Crippen molar-refractivity contribution in [1.82, 2.24) is 10.3 Å². The lowest BCUT2D eigenvalue weighted by Gasteiger charge is -2.12. The highest BCUT2D eigenvalue weighted by Crippen LogP contribution is 2.22. The van der Waals surface area contributed by atoms with Crippen LogP contribution in [-0.2, 0) is 0 Å². The summed E-state index contributed by atoms with van der Waals surface area (Å²) in [7, 11) is 0. The molecule has 94 valence electrons. The molecule has 18 heavy (non-hydrogen) atoms. The van der Waals surface area contributed by atoms with Crippen molar-refractivity contribution in [3.05, 3.63) is 45.4 Å². The molecule has 2 aromatic rings. The van der Waals surface area contributed by atoms with Gasteiger partial charge in [-0.05, 0) is 25.1 Å². The van der Waals surface area contributed by atoms with E-state index in [-0.39, 0.29) is 23.3 Å². The molecule has 4 nitrogen and oxygen atoms in total. The second-order valence-electron chi connectivity index (χ2n) is 3.73. The topological polar surface area (TPSA) is 62.2 Å². The van der Waals surface area contributed by atoms with Crippen molar-refractivity contribution < 1.29 is 9.90 Å². The van der Waals surface area contributed by atoms with Crippen LogP contribution in [0.2, 0.25) is 5.02 Å². The quantitative estimate of drug-likeness (QED) is 0.910. The predicted octanol–water partition coefficient (Wildman–Crippen LogP) is 2.99. The van der Waals surface area contributed by atoms with Crippen molar-refractivity contribution in [1.29, 1.82) is 0 Å². The fraction of sp³-hybridized carbons (Fsp3) is 0.167. The summed E-state index contributed by atoms with van der Waals surface area (Å²) in [6, 6.07) is 4.14. The third-order valence-electron chi connectivity index (χ3n) is 2.37. The van der Waals surface area contributed by atoms with E-state index in [1.807, 2.05) is 12.3 Å². The molecule has 0 saturated carbocycles. The van der Waals surface area contributed by atoms with Gasteiger partial charge in [0.2, 0.25) is 0 Å². The highest BCUT2D eigenvalue weighted by atomic mass is 35.5. The van der Waals surface area contributed by atoms with Crippen LogP contribution in [0.15, 0.2) is 29.8 Å². The minimum absolute atomic E-state index is 0.0942. The van der Waals surface area contributed by atoms with Crippen molar-refractivity contribution in [2.45, 2.75) is 13.0 Å². The van der Waals surface area contributed by atoms with Gasteiger partial charge in [0.15, 0.2) is 0 Å². The van der Waals surface area contributed by atoms with Crippen molar-refractivity contribution >= 4 is 28.8 Å². The van der Waals surface area contributed by atoms with Gasteiger partial charge in [0.25, 0.3) is 5.91 Å². The Labute approximate surface area is 113 Å². The predicted molar refractivity (Wildman–Crippen MR) is 71.1 cm³/mol. The van der Waals surface area contributed by atoms with E-state index in [1.54, 1.807) is 6.20 Å². The van der Waals surface area contributed by atoms with E-state index in [1.165, 1.54) is 29.5 Å². The lowest BCUT2D eigenvalue weighted by Crippen LogP contribution is -2.26. The molecule has 0 spiro atoms. The lowest BCUT2D eigenvalue weighted by molar-refractivity contribution is 0.0937. The molecule has 1 aromatic carbocycles. The molecule has 0 radical (unpaired) electrons. The van der Waals surface area contributed by atoms with E-state index in [4.69, 9.17) is 11.6 Å². The Bertz CT molecular complexity index is 557. The van der Waals surface area contributed by atoms with E-state index >= 15 is 0 Å². The molecule has 6 heteroatoms. The molecule has 0 aliphatic rings. The normalized spacial score (nSPS) is 12.1. The fourth-order valence-corrected chi connectivity index (χ4v) is 2.29. The van der Waals surface area contributed by atoms with Gasteiger partial charge in [0.1, 0.15) is 10.8 Å². The zero-order valence-corrected chi connectivity index (χ0v) is 11.1. The number of hydrogen-bond donors (Lipinski definition) is 2. The number of carbonyl (C=O) groups excluding carboxylic acids is 1. The Morgan fingerprint density at radius 2 is 2.33 bits per heavy atom. The summed E-state index contributed by atoms with van der Waals surface area (Å²) in [5.41, 5.74) is 0.158. The monoisotopic (exact) mass is 282 g/mol. The second kappa shape index (κ2) is 5.37. The van der Waals surface area contributed by atoms with Crippen LogP contribution in [0.3, 0.4) is 0 Å². The highest BCUT2D eigenvalue weighted by Gasteiger charge is 2.16. The van der Waals surface area contributed by atoms with Gasteiger partial charge in [-0.25, -0.2) is 4.98 Å². The van der Waals surface area contributed by atoms with Crippen LogP contribution in [0.4, 0.5) is 0 Å². The van der Waals surface area contributed by atoms with Crippen LogP contribution in [0.1, 0.15) is 28.3 Å². The highest BCUT2D eigenvalue weighted by molar-refractivity contribution is 7.09. The molecule has 0 fully saturated rings. The molecular weight excluding hydrogens is 272 g/mol. The minimum atomic E-state index is -0.377. The van der Waals surface area contributed by atoms with Crippen LogP contribution in [0.25, 0.3) is 0 Å². The number of thiazole rings is 1. The number of nitrogens with zero attached hydrogens (tertiary/aromatic N) is 1. The summed E-state index contributed by atoms with van der Waals surface area (Å²) in [6.07, 6.45) is 1.68. The number of rotatable bonds is 3. The van der Waals surface area contributed by atoms with Crippen molar-refractivity contribution in [3.8, 4) is 5.75 Å². The van der Waals surface area contributed by atoms with E-state index in [9.17, 15) is 9.90 Å². The van der Waals surface area contributed by atoms with Crippen molar-refractivity contribution in [2.24, 2.45) is 0 Å². The number of halogens is 1. The number of nitrogens with one attached hydrogen (secondary N) is 1. The maximum Gasteiger partial charge on any atom is 0.255 e. The molecule has 1 unspecified atom stereocenters. The summed E-state index contributed by atoms with van der Waals surface area (Å²) >= 11 is 7.26. The van der Waals surface area contributed by atoms with Crippen molar-refractivity contribution in [3.63, 3.8) is 0 Å². The van der Waals surface area contributed by atoms with Crippen LogP contribution in [0, 0.1) is 0 Å². The van der Waals surface area contributed by atoms with Crippen LogP contribution in [-0.4, -0.2) is 16.0 Å². The first-order chi connectivity index (χ1) is 8.58. The zero-order valence-electron chi connectivity index (χ0n) is 9.55. The van der Waals surface area contributed by atoms with E-state index in [0.29, 0.717) is 5.02 Å². The molecule has 0 bridgehead atoms. The molecule has 2 rings (SSSR count). The number of benzene rings is 1. The number of amides is 1. The smallest absolute Gasteiger partial charge is 0.255 e. The summed E-state index contributed by atoms with van der Waals surface area (Å²) in [5.74, 6) is -0.471. The maximum absolute atomic E-state index is 12.0. The summed E-state index contributed by atoms with van der Waals surface area (Å²) in [5, 5.41) is 15.4. The van der Waals surface area contributed by atoms with Gasteiger partial charge in [0.05, 0.1) is 11.6 Å². The van der Waals surface area contributed by atoms with Crippen LogP contribution < -0.4 is 5.32 Å². The van der Waals surface area contributed by atoms with Gasteiger partial charge in [-0.2, -0.15) is 0 Å².